The Balaban J connectivity index is -0.0000000450. The van der Waals surface area contributed by atoms with Crippen LogP contribution in [0.15, 0.2) is 0 Å². The maximum absolute atomic E-state index is 3.60. The maximum Gasteiger partial charge on any atom is 0 e. The molecule has 0 saturated carbocycles. The average molecular weight is 159 g/mol. The normalized spacial score (nSPS) is 5.00. The van der Waals surface area contributed by atoms with E-state index < -0.39 is 0 Å². The number of unbranched alkanes of at least 4 members (excludes halogenated alkanes) is 1. The molecule has 36 valence electrons. The minimum Gasteiger partial charge on any atom is -0.343 e. The molecule has 0 bridgehead atoms. The second-order valence-electron chi connectivity index (χ2n) is 0.854. The van der Waals surface area contributed by atoms with Gasteiger partial charge in [0.05, 0.1) is 0 Å². The molecular formula is C4H9V2-. The van der Waals surface area contributed by atoms with Crippen LogP contribution in [0.25, 0.3) is 0 Å². The van der Waals surface area contributed by atoms with Crippen LogP contribution in [0.3, 0.4) is 0 Å². The molecule has 0 aromatic carbocycles. The molecule has 0 unspecified atom stereocenters. The van der Waals surface area contributed by atoms with Crippen molar-refractivity contribution in [2.24, 2.45) is 0 Å². The topological polar surface area (TPSA) is 0 Å². The van der Waals surface area contributed by atoms with E-state index >= 15 is 0 Å². The van der Waals surface area contributed by atoms with E-state index in [0.29, 0.717) is 0 Å². The Hall–Kier alpha value is 1.17. The predicted octanol–water partition coefficient (Wildman–Crippen LogP) is 1.62. The van der Waals surface area contributed by atoms with Gasteiger partial charge >= 0.3 is 0 Å². The van der Waals surface area contributed by atoms with Crippen LogP contribution in [0, 0.1) is 6.92 Å². The van der Waals surface area contributed by atoms with Gasteiger partial charge in [-0.25, -0.2) is 0 Å². The van der Waals surface area contributed by atoms with Crippen LogP contribution < -0.4 is 0 Å². The first-order chi connectivity index (χ1) is 1.91. The Morgan fingerprint density at radius 2 is 1.50 bits per heavy atom. The molecule has 2 heteroatoms. The monoisotopic (exact) mass is 159 g/mol. The second kappa shape index (κ2) is 16.4. The van der Waals surface area contributed by atoms with Gasteiger partial charge in [-0.3, -0.25) is 0 Å². The van der Waals surface area contributed by atoms with Gasteiger partial charge in [-0.05, 0) is 0 Å². The summed E-state index contributed by atoms with van der Waals surface area (Å²) in [6.45, 7) is 5.72. The molecule has 0 aliphatic heterocycles. The van der Waals surface area contributed by atoms with Crippen LogP contribution in [-0.4, -0.2) is 0 Å². The molecule has 2 radical (unpaired) electrons. The summed E-state index contributed by atoms with van der Waals surface area (Å²) in [6, 6.07) is 0. The largest absolute Gasteiger partial charge is 0.343 e. The van der Waals surface area contributed by atoms with Crippen LogP contribution >= 0.6 is 0 Å². The SMILES string of the molecule is [CH2-]CCC.[V].[V]. The van der Waals surface area contributed by atoms with Gasteiger partial charge in [0, 0.05) is 37.1 Å². The summed E-state index contributed by atoms with van der Waals surface area (Å²) in [6.07, 6.45) is 2.28. The minimum atomic E-state index is 0. The third kappa shape index (κ3) is 19.1. The van der Waals surface area contributed by atoms with Crippen molar-refractivity contribution in [3.8, 4) is 0 Å². The maximum atomic E-state index is 3.60. The smallest absolute Gasteiger partial charge is 0 e. The molecule has 0 heterocycles. The second-order valence-corrected chi connectivity index (χ2v) is 0.854. The Morgan fingerprint density at radius 1 is 1.33 bits per heavy atom. The van der Waals surface area contributed by atoms with Crippen LogP contribution in [-0.2, 0) is 37.1 Å². The third-order valence-corrected chi connectivity index (χ3v) is 0.354. The van der Waals surface area contributed by atoms with Crippen molar-refractivity contribution in [3.05, 3.63) is 6.92 Å². The van der Waals surface area contributed by atoms with Gasteiger partial charge < -0.3 is 6.92 Å². The summed E-state index contributed by atoms with van der Waals surface area (Å²) in [4.78, 5) is 0. The fourth-order valence-corrected chi connectivity index (χ4v) is 0. The quantitative estimate of drug-likeness (QED) is 0.510. The zero-order valence-electron chi connectivity index (χ0n) is 4.02. The third-order valence-electron chi connectivity index (χ3n) is 0.354. The summed E-state index contributed by atoms with van der Waals surface area (Å²) >= 11 is 0. The number of rotatable bonds is 1. The van der Waals surface area contributed by atoms with E-state index in [4.69, 9.17) is 0 Å². The Bertz CT molecular complexity index is 7.51. The van der Waals surface area contributed by atoms with Gasteiger partial charge in [-0.15, -0.1) is 0 Å². The minimum absolute atomic E-state index is 0. The van der Waals surface area contributed by atoms with E-state index in [1.165, 1.54) is 6.42 Å². The van der Waals surface area contributed by atoms with E-state index in [-0.39, 0.29) is 37.1 Å². The fourth-order valence-electron chi connectivity index (χ4n) is 0. The van der Waals surface area contributed by atoms with Crippen molar-refractivity contribution >= 4 is 0 Å². The van der Waals surface area contributed by atoms with Gasteiger partial charge in [0.2, 0.25) is 0 Å². The molecule has 0 aromatic rings. The standard InChI is InChI=1S/C4H9.2V/c1-3-4-2;;/h1,3-4H2,2H3;;/q-1;;. The summed E-state index contributed by atoms with van der Waals surface area (Å²) in [7, 11) is 0. The van der Waals surface area contributed by atoms with Gasteiger partial charge in [0.25, 0.3) is 0 Å². The molecule has 0 fully saturated rings. The van der Waals surface area contributed by atoms with Crippen LogP contribution in [0.2, 0.25) is 0 Å². The van der Waals surface area contributed by atoms with E-state index in [9.17, 15) is 0 Å². The molecule has 0 nitrogen and oxygen atoms in total. The summed E-state index contributed by atoms with van der Waals surface area (Å²) < 4.78 is 0. The molecule has 0 atom stereocenters. The number of hydrogen-bond acceptors (Lipinski definition) is 0. The van der Waals surface area contributed by atoms with Crippen molar-refractivity contribution in [1.82, 2.24) is 0 Å². The first-order valence-corrected chi connectivity index (χ1v) is 1.71. The summed E-state index contributed by atoms with van der Waals surface area (Å²) in [5, 5.41) is 0. The first-order valence-electron chi connectivity index (χ1n) is 1.71. The Morgan fingerprint density at radius 3 is 1.50 bits per heavy atom. The van der Waals surface area contributed by atoms with Crippen molar-refractivity contribution in [2.45, 2.75) is 19.8 Å². The van der Waals surface area contributed by atoms with E-state index in [2.05, 4.69) is 13.8 Å². The van der Waals surface area contributed by atoms with Gasteiger partial charge in [-0.1, -0.05) is 13.3 Å². The van der Waals surface area contributed by atoms with Crippen LogP contribution in [0.1, 0.15) is 19.8 Å². The van der Waals surface area contributed by atoms with E-state index in [1.807, 2.05) is 0 Å². The van der Waals surface area contributed by atoms with Crippen LogP contribution in [0.4, 0.5) is 0 Å². The van der Waals surface area contributed by atoms with E-state index in [0.717, 1.165) is 6.42 Å². The Labute approximate surface area is 63.9 Å². The zero-order valence-corrected chi connectivity index (χ0v) is 6.81. The first kappa shape index (κ1) is 15.7. The Kier molecular flexibility index (Phi) is 42.9. The molecule has 0 amide bonds. The average Bonchev–Trinajstić information content (AvgIpc) is 1.37. The molecule has 0 spiro atoms. The predicted molar refractivity (Wildman–Crippen MR) is 20.3 cm³/mol. The van der Waals surface area contributed by atoms with Gasteiger partial charge in [0.15, 0.2) is 0 Å². The van der Waals surface area contributed by atoms with Crippen molar-refractivity contribution in [1.29, 1.82) is 0 Å². The van der Waals surface area contributed by atoms with Crippen molar-refractivity contribution in [2.75, 3.05) is 0 Å². The van der Waals surface area contributed by atoms with Crippen LogP contribution in [0.5, 0.6) is 0 Å². The molecule has 0 aromatic heterocycles. The van der Waals surface area contributed by atoms with Crippen molar-refractivity contribution < 1.29 is 37.1 Å². The van der Waals surface area contributed by atoms with E-state index in [1.54, 1.807) is 0 Å². The number of hydrogen-bond donors (Lipinski definition) is 0. The summed E-state index contributed by atoms with van der Waals surface area (Å²) in [5.74, 6) is 0. The van der Waals surface area contributed by atoms with Gasteiger partial charge in [-0.2, -0.15) is 6.42 Å². The van der Waals surface area contributed by atoms with Crippen molar-refractivity contribution in [3.63, 3.8) is 0 Å². The molecule has 6 heavy (non-hydrogen) atoms. The molecule has 0 N–H and O–H groups in total. The van der Waals surface area contributed by atoms with Gasteiger partial charge in [0.1, 0.15) is 0 Å². The summed E-state index contributed by atoms with van der Waals surface area (Å²) in [5.41, 5.74) is 0. The molecule has 0 rings (SSSR count). The fraction of sp³-hybridized carbons (Fsp3) is 0.750. The molecular weight excluding hydrogens is 150 g/mol. The molecule has 0 saturated heterocycles. The molecule has 0 aliphatic rings. The zero-order chi connectivity index (χ0) is 3.41. The molecule has 0 aliphatic carbocycles.